The predicted molar refractivity (Wildman–Crippen MR) is 57.9 cm³/mol. The van der Waals surface area contributed by atoms with E-state index in [1.165, 1.54) is 0 Å². The first-order valence-corrected chi connectivity index (χ1v) is 5.14. The quantitative estimate of drug-likeness (QED) is 0.855. The highest BCUT2D eigenvalue weighted by Gasteiger charge is 2.19. The van der Waals surface area contributed by atoms with Crippen LogP contribution in [0.5, 0.6) is 0 Å². The molecule has 0 fully saturated rings. The van der Waals surface area contributed by atoms with Crippen molar-refractivity contribution in [1.82, 2.24) is 0 Å². The second kappa shape index (κ2) is 5.16. The summed E-state index contributed by atoms with van der Waals surface area (Å²) in [4.78, 5) is 11.6. The Morgan fingerprint density at radius 2 is 2.00 bits per heavy atom. The third kappa shape index (κ3) is 3.10. The monoisotopic (exact) mass is 227 g/mol. The summed E-state index contributed by atoms with van der Waals surface area (Å²) >= 11 is 0. The number of rotatable bonds is 4. The molecule has 2 N–H and O–H groups in total. The predicted octanol–water partition coefficient (Wildman–Crippen LogP) is 2.06. The molecule has 0 spiro atoms. The fourth-order valence-corrected chi connectivity index (χ4v) is 1.36. The van der Waals surface area contributed by atoms with Crippen molar-refractivity contribution < 1.29 is 13.6 Å². The van der Waals surface area contributed by atoms with Crippen LogP contribution in [0.2, 0.25) is 0 Å². The van der Waals surface area contributed by atoms with E-state index < -0.39 is 17.7 Å². The lowest BCUT2D eigenvalue weighted by Crippen LogP contribution is -2.36. The van der Waals surface area contributed by atoms with Crippen LogP contribution in [0, 0.1) is 17.6 Å². The largest absolute Gasteiger partial charge is 0.321 e. The van der Waals surface area contributed by atoms with Crippen molar-refractivity contribution in [3.05, 3.63) is 35.4 Å². The molecule has 0 saturated heterocycles. The molecule has 16 heavy (non-hydrogen) atoms. The summed E-state index contributed by atoms with van der Waals surface area (Å²) in [7, 11) is 0. The van der Waals surface area contributed by atoms with Crippen molar-refractivity contribution >= 4 is 5.78 Å². The summed E-state index contributed by atoms with van der Waals surface area (Å²) in [6.45, 7) is 3.62. The van der Waals surface area contributed by atoms with Crippen LogP contribution in [0.1, 0.15) is 19.4 Å². The molecule has 4 heteroatoms. The van der Waals surface area contributed by atoms with Gasteiger partial charge in [0.25, 0.3) is 0 Å². The molecule has 1 atom stereocenters. The summed E-state index contributed by atoms with van der Waals surface area (Å²) in [5, 5.41) is 0. The number of hydrogen-bond acceptors (Lipinski definition) is 2. The molecule has 0 saturated carbocycles. The van der Waals surface area contributed by atoms with E-state index in [4.69, 9.17) is 5.73 Å². The molecule has 2 nitrogen and oxygen atoms in total. The SMILES string of the molecule is CC(C)C(N)C(=O)Cc1cc(F)ccc1F. The number of nitrogens with two attached hydrogens (primary N) is 1. The van der Waals surface area contributed by atoms with E-state index >= 15 is 0 Å². The van der Waals surface area contributed by atoms with Gasteiger partial charge in [0.2, 0.25) is 0 Å². The second-order valence-electron chi connectivity index (χ2n) is 4.15. The molecule has 1 aromatic rings. The molecule has 1 unspecified atom stereocenters. The van der Waals surface area contributed by atoms with E-state index in [0.29, 0.717) is 0 Å². The number of ketones is 1. The first kappa shape index (κ1) is 12.8. The van der Waals surface area contributed by atoms with Gasteiger partial charge < -0.3 is 5.73 Å². The number of Topliss-reactive ketones (excluding diaryl/α,β-unsaturated/α-hetero) is 1. The maximum atomic E-state index is 13.2. The van der Waals surface area contributed by atoms with E-state index in [1.807, 2.05) is 13.8 Å². The average Bonchev–Trinajstić information content (AvgIpc) is 2.22. The standard InChI is InChI=1S/C12H15F2NO/c1-7(2)12(15)11(16)6-8-5-9(13)3-4-10(8)14/h3-5,7,12H,6,15H2,1-2H3. The zero-order valence-corrected chi connectivity index (χ0v) is 9.34. The van der Waals surface area contributed by atoms with Crippen LogP contribution in [0.25, 0.3) is 0 Å². The maximum absolute atomic E-state index is 13.2. The number of benzene rings is 1. The Kier molecular flexibility index (Phi) is 4.12. The normalized spacial score (nSPS) is 12.9. The first-order valence-electron chi connectivity index (χ1n) is 5.14. The van der Waals surface area contributed by atoms with Gasteiger partial charge in [-0.1, -0.05) is 13.8 Å². The maximum Gasteiger partial charge on any atom is 0.154 e. The molecule has 0 aliphatic carbocycles. The Bertz CT molecular complexity index is 391. The Hall–Kier alpha value is -1.29. The van der Waals surface area contributed by atoms with Crippen molar-refractivity contribution in [1.29, 1.82) is 0 Å². The molecular weight excluding hydrogens is 212 g/mol. The molecule has 0 radical (unpaired) electrons. The molecule has 1 rings (SSSR count). The minimum atomic E-state index is -0.636. The van der Waals surface area contributed by atoms with Gasteiger partial charge >= 0.3 is 0 Å². The van der Waals surface area contributed by atoms with Gasteiger partial charge in [0.15, 0.2) is 5.78 Å². The molecule has 0 aliphatic rings. The molecule has 1 aromatic carbocycles. The second-order valence-corrected chi connectivity index (χ2v) is 4.15. The van der Waals surface area contributed by atoms with Crippen LogP contribution in [-0.2, 0) is 11.2 Å². The van der Waals surface area contributed by atoms with Crippen LogP contribution in [0.15, 0.2) is 18.2 Å². The van der Waals surface area contributed by atoms with Crippen LogP contribution < -0.4 is 5.73 Å². The van der Waals surface area contributed by atoms with Gasteiger partial charge in [-0.2, -0.15) is 0 Å². The third-order valence-corrected chi connectivity index (χ3v) is 2.46. The van der Waals surface area contributed by atoms with Crippen molar-refractivity contribution in [2.75, 3.05) is 0 Å². The lowest BCUT2D eigenvalue weighted by molar-refractivity contribution is -0.120. The molecule has 0 amide bonds. The van der Waals surface area contributed by atoms with Gasteiger partial charge in [0.05, 0.1) is 6.04 Å². The Labute approximate surface area is 93.5 Å². The molecular formula is C12H15F2NO. The molecule has 0 heterocycles. The number of hydrogen-bond donors (Lipinski definition) is 1. The Morgan fingerprint density at radius 1 is 1.38 bits per heavy atom. The minimum Gasteiger partial charge on any atom is -0.321 e. The average molecular weight is 227 g/mol. The Balaban J connectivity index is 2.80. The van der Waals surface area contributed by atoms with E-state index in [0.717, 1.165) is 18.2 Å². The summed E-state index contributed by atoms with van der Waals surface area (Å²) in [5.74, 6) is -1.42. The highest BCUT2D eigenvalue weighted by Crippen LogP contribution is 2.12. The van der Waals surface area contributed by atoms with Crippen LogP contribution in [0.3, 0.4) is 0 Å². The summed E-state index contributed by atoms with van der Waals surface area (Å²) in [5.41, 5.74) is 5.69. The van der Waals surface area contributed by atoms with E-state index in [9.17, 15) is 13.6 Å². The summed E-state index contributed by atoms with van der Waals surface area (Å²) < 4.78 is 26.1. The zero-order chi connectivity index (χ0) is 12.3. The van der Waals surface area contributed by atoms with Crippen molar-refractivity contribution in [2.24, 2.45) is 11.7 Å². The van der Waals surface area contributed by atoms with Gasteiger partial charge in [-0.3, -0.25) is 4.79 Å². The number of carbonyl (C=O) groups is 1. The minimum absolute atomic E-state index is 0.0101. The lowest BCUT2D eigenvalue weighted by atomic mass is 9.96. The topological polar surface area (TPSA) is 43.1 Å². The lowest BCUT2D eigenvalue weighted by Gasteiger charge is -2.14. The van der Waals surface area contributed by atoms with Crippen LogP contribution in [-0.4, -0.2) is 11.8 Å². The van der Waals surface area contributed by atoms with Crippen molar-refractivity contribution in [3.8, 4) is 0 Å². The number of halogens is 2. The molecule has 0 aliphatic heterocycles. The van der Waals surface area contributed by atoms with Crippen LogP contribution in [0.4, 0.5) is 8.78 Å². The van der Waals surface area contributed by atoms with Gasteiger partial charge in [0, 0.05) is 6.42 Å². The van der Waals surface area contributed by atoms with E-state index in [1.54, 1.807) is 0 Å². The number of carbonyl (C=O) groups excluding carboxylic acids is 1. The van der Waals surface area contributed by atoms with Crippen LogP contribution >= 0.6 is 0 Å². The smallest absolute Gasteiger partial charge is 0.154 e. The fraction of sp³-hybridized carbons (Fsp3) is 0.417. The first-order chi connectivity index (χ1) is 7.41. The van der Waals surface area contributed by atoms with E-state index in [-0.39, 0.29) is 23.7 Å². The summed E-state index contributed by atoms with van der Waals surface area (Å²) in [6, 6.07) is 2.42. The zero-order valence-electron chi connectivity index (χ0n) is 9.34. The third-order valence-electron chi connectivity index (χ3n) is 2.46. The highest BCUT2D eigenvalue weighted by atomic mass is 19.1. The molecule has 0 aromatic heterocycles. The Morgan fingerprint density at radius 3 is 2.56 bits per heavy atom. The van der Waals surface area contributed by atoms with Crippen molar-refractivity contribution in [3.63, 3.8) is 0 Å². The highest BCUT2D eigenvalue weighted by molar-refractivity contribution is 5.86. The van der Waals surface area contributed by atoms with E-state index in [2.05, 4.69) is 0 Å². The summed E-state index contributed by atoms with van der Waals surface area (Å²) in [6.07, 6.45) is -0.164. The van der Waals surface area contributed by atoms with Gasteiger partial charge in [0.1, 0.15) is 11.6 Å². The fourth-order valence-electron chi connectivity index (χ4n) is 1.36. The molecule has 88 valence electrons. The van der Waals surface area contributed by atoms with Gasteiger partial charge in [-0.25, -0.2) is 8.78 Å². The van der Waals surface area contributed by atoms with Gasteiger partial charge in [-0.05, 0) is 29.7 Å². The van der Waals surface area contributed by atoms with Crippen molar-refractivity contribution in [2.45, 2.75) is 26.3 Å². The molecule has 0 bridgehead atoms. The van der Waals surface area contributed by atoms with Gasteiger partial charge in [-0.15, -0.1) is 0 Å².